The number of alkyl halides is 2. The standard InChI is InChI=1S/C30H34ClF2N3O4/c1-28-14-25(38)30(33)22(13-24(32)23-12-20(37)7-8-29(23,30)2)21(28)11-18(26(28)27(39)35-10-9-34)16-36(40)15-17-3-5-19(31)6-4-17/h3-8,12,18,21-22,24-26,38,40H,10-11,13-16H2,1-2H3,(H,35,39)/t18-,21-,22-,24-,25-,26+,28-,29-,30-/m0/s1. The molecule has 3 fully saturated rings. The summed E-state index contributed by atoms with van der Waals surface area (Å²) in [5, 5.41) is 35.8. The summed E-state index contributed by atoms with van der Waals surface area (Å²) in [5.74, 6) is -3.45. The first-order valence-electron chi connectivity index (χ1n) is 13.6. The highest BCUT2D eigenvalue weighted by Gasteiger charge is 2.73. The summed E-state index contributed by atoms with van der Waals surface area (Å²) in [6, 6.07) is 8.89. The number of aliphatic hydroxyl groups excluding tert-OH is 1. The van der Waals surface area contributed by atoms with Crippen molar-refractivity contribution in [2.45, 2.75) is 57.6 Å². The minimum Gasteiger partial charge on any atom is -0.390 e. The number of nitrogens with one attached hydrogen (secondary N) is 1. The van der Waals surface area contributed by atoms with Gasteiger partial charge in [-0.3, -0.25) is 9.59 Å². The third-order valence-electron chi connectivity index (χ3n) is 10.1. The van der Waals surface area contributed by atoms with E-state index in [0.717, 1.165) is 16.7 Å². The van der Waals surface area contributed by atoms with Crippen LogP contribution in [0.4, 0.5) is 8.78 Å². The van der Waals surface area contributed by atoms with Gasteiger partial charge in [0.2, 0.25) is 5.91 Å². The molecule has 0 spiro atoms. The Hall–Kier alpha value is -2.64. The van der Waals surface area contributed by atoms with Crippen molar-refractivity contribution < 1.29 is 28.7 Å². The second kappa shape index (κ2) is 10.3. The summed E-state index contributed by atoms with van der Waals surface area (Å²) in [7, 11) is 0. The second-order valence-electron chi connectivity index (χ2n) is 12.3. The predicted molar refractivity (Wildman–Crippen MR) is 143 cm³/mol. The van der Waals surface area contributed by atoms with Crippen molar-refractivity contribution in [3.05, 3.63) is 58.7 Å². The number of ketones is 1. The molecule has 9 atom stereocenters. The summed E-state index contributed by atoms with van der Waals surface area (Å²) >= 11 is 5.97. The number of carbonyl (C=O) groups excluding carboxylic acids is 2. The topological polar surface area (TPSA) is 114 Å². The maximum atomic E-state index is 17.4. The van der Waals surface area contributed by atoms with Crippen molar-refractivity contribution in [3.63, 3.8) is 0 Å². The van der Waals surface area contributed by atoms with E-state index in [4.69, 9.17) is 16.9 Å². The van der Waals surface area contributed by atoms with E-state index in [1.165, 1.54) is 19.1 Å². The Bertz CT molecular complexity index is 1300. The number of nitriles is 1. The monoisotopic (exact) mass is 573 g/mol. The van der Waals surface area contributed by atoms with Gasteiger partial charge in [-0.2, -0.15) is 10.3 Å². The van der Waals surface area contributed by atoms with Crippen LogP contribution in [0.25, 0.3) is 0 Å². The SMILES string of the molecule is C[C@]12C[C@H](O)[C@@]3(F)[C@@H](C[C@H](F)C4=CC(=O)C=C[C@@]43C)[C@@H]1C[C@@H](CN(O)Cc1ccc(Cl)cc1)[C@@H]2C(=O)NCC#N. The van der Waals surface area contributed by atoms with Crippen LogP contribution < -0.4 is 5.32 Å². The first-order chi connectivity index (χ1) is 18.8. The zero-order valence-corrected chi connectivity index (χ0v) is 23.2. The van der Waals surface area contributed by atoms with Crippen LogP contribution in [0, 0.1) is 45.8 Å². The number of rotatable bonds is 6. The van der Waals surface area contributed by atoms with Gasteiger partial charge in [-0.25, -0.2) is 8.78 Å². The summed E-state index contributed by atoms with van der Waals surface area (Å²) in [5.41, 5.74) is -3.85. The number of hydroxylamine groups is 2. The summed E-state index contributed by atoms with van der Waals surface area (Å²) in [6.07, 6.45) is 0.717. The zero-order chi connectivity index (χ0) is 29.0. The molecule has 0 radical (unpaired) electrons. The van der Waals surface area contributed by atoms with Crippen molar-refractivity contribution in [2.24, 2.45) is 34.5 Å². The average molecular weight is 574 g/mol. The summed E-state index contributed by atoms with van der Waals surface area (Å²) in [4.78, 5) is 25.6. The number of nitrogens with zero attached hydrogens (tertiary/aromatic N) is 2. The molecule has 0 aromatic heterocycles. The lowest BCUT2D eigenvalue weighted by atomic mass is 9.45. The smallest absolute Gasteiger partial charge is 0.224 e. The molecule has 0 bridgehead atoms. The number of hydrogen-bond acceptors (Lipinski definition) is 6. The van der Waals surface area contributed by atoms with E-state index in [1.54, 1.807) is 24.3 Å². The Morgan fingerprint density at radius 1 is 1.25 bits per heavy atom. The van der Waals surface area contributed by atoms with Crippen molar-refractivity contribution in [3.8, 4) is 6.07 Å². The van der Waals surface area contributed by atoms with Gasteiger partial charge in [0.15, 0.2) is 11.5 Å². The molecule has 214 valence electrons. The highest BCUT2D eigenvalue weighted by molar-refractivity contribution is 6.30. The molecule has 0 saturated heterocycles. The van der Waals surface area contributed by atoms with Crippen LogP contribution in [0.1, 0.15) is 38.7 Å². The van der Waals surface area contributed by atoms with Crippen molar-refractivity contribution in [2.75, 3.05) is 13.1 Å². The number of carbonyl (C=O) groups is 2. The quantitative estimate of drug-likeness (QED) is 0.345. The van der Waals surface area contributed by atoms with Crippen LogP contribution in [0.3, 0.4) is 0 Å². The molecule has 10 heteroatoms. The van der Waals surface area contributed by atoms with Gasteiger partial charge in [-0.15, -0.1) is 0 Å². The molecule has 5 rings (SSSR count). The van der Waals surface area contributed by atoms with Crippen LogP contribution >= 0.6 is 11.6 Å². The third kappa shape index (κ3) is 4.40. The van der Waals surface area contributed by atoms with Gasteiger partial charge in [0, 0.05) is 35.4 Å². The summed E-state index contributed by atoms with van der Waals surface area (Å²) in [6.45, 7) is 3.40. The van der Waals surface area contributed by atoms with Crippen molar-refractivity contribution in [1.82, 2.24) is 10.4 Å². The van der Waals surface area contributed by atoms with Gasteiger partial charge in [0.05, 0.1) is 12.2 Å². The summed E-state index contributed by atoms with van der Waals surface area (Å²) < 4.78 is 33.2. The maximum Gasteiger partial charge on any atom is 0.224 e. The molecule has 1 aromatic rings. The van der Waals surface area contributed by atoms with Crippen LogP contribution in [-0.2, 0) is 16.1 Å². The number of hydrogen-bond donors (Lipinski definition) is 3. The highest BCUT2D eigenvalue weighted by Crippen LogP contribution is 2.70. The van der Waals surface area contributed by atoms with Gasteiger partial charge in [-0.1, -0.05) is 36.7 Å². The molecular formula is C30H34ClF2N3O4. The molecule has 0 aliphatic heterocycles. The first kappa shape index (κ1) is 28.9. The molecule has 4 aliphatic rings. The van der Waals surface area contributed by atoms with Crippen LogP contribution in [-0.4, -0.2) is 58.1 Å². The minimum absolute atomic E-state index is 0.0451. The number of amides is 1. The fraction of sp³-hybridized carbons (Fsp3) is 0.567. The lowest BCUT2D eigenvalue weighted by Gasteiger charge is -2.62. The van der Waals surface area contributed by atoms with E-state index >= 15 is 8.78 Å². The Morgan fingerprint density at radius 2 is 1.95 bits per heavy atom. The van der Waals surface area contributed by atoms with Crippen molar-refractivity contribution in [1.29, 1.82) is 5.26 Å². The maximum absolute atomic E-state index is 17.4. The van der Waals surface area contributed by atoms with Crippen molar-refractivity contribution >= 4 is 23.3 Å². The van der Waals surface area contributed by atoms with E-state index in [1.807, 2.05) is 13.0 Å². The van der Waals surface area contributed by atoms with E-state index in [-0.39, 0.29) is 38.0 Å². The normalized spacial score (nSPS) is 40.1. The van der Waals surface area contributed by atoms with Gasteiger partial charge in [0.1, 0.15) is 12.7 Å². The fourth-order valence-electron chi connectivity index (χ4n) is 8.45. The molecular weight excluding hydrogens is 540 g/mol. The second-order valence-corrected chi connectivity index (χ2v) is 12.7. The van der Waals surface area contributed by atoms with Crippen LogP contribution in [0.2, 0.25) is 5.02 Å². The van der Waals surface area contributed by atoms with Gasteiger partial charge in [-0.05, 0) is 78.9 Å². The molecule has 4 aliphatic carbocycles. The lowest BCUT2D eigenvalue weighted by Crippen LogP contribution is -2.68. The molecule has 40 heavy (non-hydrogen) atoms. The van der Waals surface area contributed by atoms with Gasteiger partial charge < -0.3 is 15.6 Å². The first-order valence-corrected chi connectivity index (χ1v) is 14.0. The van der Waals surface area contributed by atoms with Crippen LogP contribution in [0.5, 0.6) is 0 Å². The van der Waals surface area contributed by atoms with E-state index in [2.05, 4.69) is 5.32 Å². The average Bonchev–Trinajstić information content (AvgIpc) is 3.18. The zero-order valence-electron chi connectivity index (χ0n) is 22.5. The number of fused-ring (bicyclic) bond motifs is 5. The third-order valence-corrected chi connectivity index (χ3v) is 10.4. The fourth-order valence-corrected chi connectivity index (χ4v) is 8.58. The highest BCUT2D eigenvalue weighted by atomic mass is 35.5. The Morgan fingerprint density at radius 3 is 2.62 bits per heavy atom. The largest absolute Gasteiger partial charge is 0.390 e. The molecule has 3 N–H and O–H groups in total. The lowest BCUT2D eigenvalue weighted by molar-refractivity contribution is -0.202. The molecule has 0 heterocycles. The number of benzene rings is 1. The molecule has 1 aromatic carbocycles. The molecule has 0 unspecified atom stereocenters. The van der Waals surface area contributed by atoms with E-state index in [9.17, 15) is 19.9 Å². The molecule has 3 saturated carbocycles. The van der Waals surface area contributed by atoms with Gasteiger partial charge in [0.25, 0.3) is 0 Å². The number of halogens is 3. The molecule has 7 nitrogen and oxygen atoms in total. The predicted octanol–water partition coefficient (Wildman–Crippen LogP) is 4.33. The van der Waals surface area contributed by atoms with Gasteiger partial charge >= 0.3 is 0 Å². The Balaban J connectivity index is 1.50. The molecule has 1 amide bonds. The minimum atomic E-state index is -2.26. The Labute approximate surface area is 237 Å². The number of allylic oxidation sites excluding steroid dienone is 4. The number of aliphatic hydroxyl groups is 1. The Kier molecular flexibility index (Phi) is 7.45. The van der Waals surface area contributed by atoms with Crippen LogP contribution in [0.15, 0.2) is 48.1 Å². The van der Waals surface area contributed by atoms with E-state index < -0.39 is 64.1 Å². The van der Waals surface area contributed by atoms with E-state index in [0.29, 0.717) is 11.4 Å².